The first-order valence-corrected chi connectivity index (χ1v) is 8.59. The van der Waals surface area contributed by atoms with Crippen LogP contribution in [0.2, 0.25) is 0 Å². The minimum atomic E-state index is -4.48. The molecule has 1 aliphatic heterocycles. The molecule has 124 valence electrons. The van der Waals surface area contributed by atoms with E-state index in [1.165, 1.54) is 0 Å². The Morgan fingerprint density at radius 3 is 2.41 bits per heavy atom. The monoisotopic (exact) mass is 336 g/mol. The van der Waals surface area contributed by atoms with Gasteiger partial charge in [-0.05, 0) is 63.0 Å². The summed E-state index contributed by atoms with van der Waals surface area (Å²) in [6.45, 7) is 3.44. The molecule has 0 aliphatic carbocycles. The maximum absolute atomic E-state index is 12.5. The number of hydrogen-bond acceptors (Lipinski definition) is 3. The number of halogens is 3. The van der Waals surface area contributed by atoms with Crippen LogP contribution >= 0.6 is 0 Å². The molecule has 2 unspecified atom stereocenters. The minimum Gasteiger partial charge on any atom is -0.316 e. The van der Waals surface area contributed by atoms with E-state index in [1.807, 2.05) is 0 Å². The molecule has 1 saturated heterocycles. The average molecular weight is 336 g/mol. The van der Waals surface area contributed by atoms with Crippen LogP contribution in [0.4, 0.5) is 13.2 Å². The van der Waals surface area contributed by atoms with Crippen molar-refractivity contribution in [2.45, 2.75) is 36.9 Å². The summed E-state index contributed by atoms with van der Waals surface area (Å²) in [5, 5.41) is 3.21. The number of nitrogens with one attached hydrogen (secondary N) is 2. The number of benzene rings is 1. The molecule has 22 heavy (non-hydrogen) atoms. The summed E-state index contributed by atoms with van der Waals surface area (Å²) in [5.74, 6) is 0.179. The molecule has 0 saturated carbocycles. The van der Waals surface area contributed by atoms with Crippen molar-refractivity contribution >= 4 is 10.0 Å². The van der Waals surface area contributed by atoms with Gasteiger partial charge in [0.15, 0.2) is 0 Å². The SMILES string of the molecule is CC(NS(=O)(=O)c1ccc(C(F)(F)F)cc1)C1CCCNC1. The normalized spacial score (nSPS) is 21.5. The van der Waals surface area contributed by atoms with E-state index in [2.05, 4.69) is 10.0 Å². The molecule has 8 heteroatoms. The van der Waals surface area contributed by atoms with Crippen molar-refractivity contribution in [1.82, 2.24) is 10.0 Å². The first-order chi connectivity index (χ1) is 10.2. The van der Waals surface area contributed by atoms with E-state index in [4.69, 9.17) is 0 Å². The van der Waals surface area contributed by atoms with Gasteiger partial charge in [-0.3, -0.25) is 0 Å². The third-order valence-electron chi connectivity index (χ3n) is 3.88. The molecular weight excluding hydrogens is 317 g/mol. The number of piperidine rings is 1. The Kier molecular flexibility index (Phi) is 5.14. The number of hydrogen-bond donors (Lipinski definition) is 2. The van der Waals surface area contributed by atoms with Gasteiger partial charge >= 0.3 is 6.18 Å². The van der Waals surface area contributed by atoms with E-state index in [0.29, 0.717) is 0 Å². The van der Waals surface area contributed by atoms with E-state index < -0.39 is 21.8 Å². The molecule has 1 aromatic rings. The lowest BCUT2D eigenvalue weighted by atomic mass is 9.94. The zero-order valence-corrected chi connectivity index (χ0v) is 13.0. The quantitative estimate of drug-likeness (QED) is 0.887. The lowest BCUT2D eigenvalue weighted by Gasteiger charge is -2.28. The largest absolute Gasteiger partial charge is 0.416 e. The Morgan fingerprint density at radius 2 is 1.91 bits per heavy atom. The van der Waals surface area contributed by atoms with Crippen LogP contribution in [0.15, 0.2) is 29.2 Å². The molecular formula is C14H19F3N2O2S. The van der Waals surface area contributed by atoms with Gasteiger partial charge in [0.2, 0.25) is 10.0 Å². The van der Waals surface area contributed by atoms with Crippen LogP contribution in [0.5, 0.6) is 0 Å². The Labute approximate surface area is 128 Å². The second-order valence-corrected chi connectivity index (χ2v) is 7.25. The molecule has 0 spiro atoms. The second-order valence-electron chi connectivity index (χ2n) is 5.54. The summed E-state index contributed by atoms with van der Waals surface area (Å²) in [4.78, 5) is -0.156. The number of rotatable bonds is 4. The smallest absolute Gasteiger partial charge is 0.316 e. The van der Waals surface area contributed by atoms with Crippen LogP contribution in [0.1, 0.15) is 25.3 Å². The predicted octanol–water partition coefficient (Wildman–Crippen LogP) is 2.37. The summed E-state index contributed by atoms with van der Waals surface area (Å²) in [7, 11) is -3.82. The van der Waals surface area contributed by atoms with E-state index in [0.717, 1.165) is 50.2 Å². The molecule has 1 heterocycles. The fourth-order valence-corrected chi connectivity index (χ4v) is 3.85. The van der Waals surface area contributed by atoms with Crippen molar-refractivity contribution in [2.24, 2.45) is 5.92 Å². The summed E-state index contributed by atoms with van der Waals surface area (Å²) < 4.78 is 64.5. The van der Waals surface area contributed by atoms with Crippen molar-refractivity contribution in [3.05, 3.63) is 29.8 Å². The highest BCUT2D eigenvalue weighted by molar-refractivity contribution is 7.89. The molecule has 2 N–H and O–H groups in total. The number of alkyl halides is 3. The molecule has 0 radical (unpaired) electrons. The predicted molar refractivity (Wildman–Crippen MR) is 76.8 cm³/mol. The number of sulfonamides is 1. The standard InChI is InChI=1S/C14H19F3N2O2S/c1-10(11-3-2-8-18-9-11)19-22(20,21)13-6-4-12(5-7-13)14(15,16)17/h4-7,10-11,18-19H,2-3,8-9H2,1H3. The molecule has 1 aromatic carbocycles. The third-order valence-corrected chi connectivity index (χ3v) is 5.45. The average Bonchev–Trinajstić information content (AvgIpc) is 2.47. The molecule has 1 aliphatic rings. The maximum Gasteiger partial charge on any atom is 0.416 e. The van der Waals surface area contributed by atoms with Crippen molar-refractivity contribution in [3.8, 4) is 0 Å². The van der Waals surface area contributed by atoms with Gasteiger partial charge in [0.25, 0.3) is 0 Å². The molecule has 0 amide bonds. The van der Waals surface area contributed by atoms with Gasteiger partial charge in [-0.25, -0.2) is 13.1 Å². The fourth-order valence-electron chi connectivity index (χ4n) is 2.54. The summed E-state index contributed by atoms with van der Waals surface area (Å²) in [6, 6.07) is 3.25. The Balaban J connectivity index is 2.09. The topological polar surface area (TPSA) is 58.2 Å². The molecule has 2 rings (SSSR count). The summed E-state index contributed by atoms with van der Waals surface area (Å²) >= 11 is 0. The molecule has 1 fully saturated rings. The highest BCUT2D eigenvalue weighted by Gasteiger charge is 2.31. The zero-order valence-electron chi connectivity index (χ0n) is 12.2. The van der Waals surface area contributed by atoms with Gasteiger partial charge in [-0.15, -0.1) is 0 Å². The van der Waals surface area contributed by atoms with Crippen LogP contribution in [0.3, 0.4) is 0 Å². The lowest BCUT2D eigenvalue weighted by molar-refractivity contribution is -0.137. The van der Waals surface area contributed by atoms with Crippen LogP contribution in [0, 0.1) is 5.92 Å². The Morgan fingerprint density at radius 1 is 1.27 bits per heavy atom. The van der Waals surface area contributed by atoms with E-state index in [-0.39, 0.29) is 16.9 Å². The van der Waals surface area contributed by atoms with Crippen LogP contribution in [0.25, 0.3) is 0 Å². The van der Waals surface area contributed by atoms with E-state index >= 15 is 0 Å². The zero-order chi connectivity index (χ0) is 16.4. The second kappa shape index (κ2) is 6.55. The Bertz CT molecular complexity index is 594. The van der Waals surface area contributed by atoms with Gasteiger partial charge in [-0.1, -0.05) is 0 Å². The minimum absolute atomic E-state index is 0.156. The molecule has 0 aromatic heterocycles. The first kappa shape index (κ1) is 17.2. The van der Waals surface area contributed by atoms with Gasteiger partial charge in [-0.2, -0.15) is 13.2 Å². The summed E-state index contributed by atoms with van der Waals surface area (Å²) in [6.07, 6.45) is -2.57. The maximum atomic E-state index is 12.5. The Hall–Kier alpha value is -1.12. The lowest BCUT2D eigenvalue weighted by Crippen LogP contribution is -2.44. The fraction of sp³-hybridized carbons (Fsp3) is 0.571. The van der Waals surface area contributed by atoms with Crippen LogP contribution in [-0.2, 0) is 16.2 Å². The molecule has 4 nitrogen and oxygen atoms in total. The van der Waals surface area contributed by atoms with Crippen LogP contribution in [-0.4, -0.2) is 27.5 Å². The first-order valence-electron chi connectivity index (χ1n) is 7.10. The van der Waals surface area contributed by atoms with Crippen LogP contribution < -0.4 is 10.0 Å². The van der Waals surface area contributed by atoms with Gasteiger partial charge in [0.05, 0.1) is 10.5 Å². The summed E-state index contributed by atoms with van der Waals surface area (Å²) in [5.41, 5.74) is -0.865. The van der Waals surface area contributed by atoms with Crippen molar-refractivity contribution in [2.75, 3.05) is 13.1 Å². The van der Waals surface area contributed by atoms with Crippen molar-refractivity contribution < 1.29 is 21.6 Å². The third kappa shape index (κ3) is 4.21. The molecule has 0 bridgehead atoms. The van der Waals surface area contributed by atoms with Gasteiger partial charge < -0.3 is 5.32 Å². The van der Waals surface area contributed by atoms with E-state index in [9.17, 15) is 21.6 Å². The highest BCUT2D eigenvalue weighted by atomic mass is 32.2. The highest BCUT2D eigenvalue weighted by Crippen LogP contribution is 2.29. The van der Waals surface area contributed by atoms with E-state index in [1.54, 1.807) is 6.92 Å². The van der Waals surface area contributed by atoms with Crippen molar-refractivity contribution in [3.63, 3.8) is 0 Å². The molecule has 2 atom stereocenters. The van der Waals surface area contributed by atoms with Crippen molar-refractivity contribution in [1.29, 1.82) is 0 Å². The van der Waals surface area contributed by atoms with Gasteiger partial charge in [0, 0.05) is 6.04 Å². The van der Waals surface area contributed by atoms with Gasteiger partial charge in [0.1, 0.15) is 0 Å².